The van der Waals surface area contributed by atoms with Crippen molar-refractivity contribution < 1.29 is 8.78 Å². The van der Waals surface area contributed by atoms with Crippen LogP contribution in [0.15, 0.2) is 18.2 Å². The Kier molecular flexibility index (Phi) is 4.11. The lowest BCUT2D eigenvalue weighted by atomic mass is 9.91. The lowest BCUT2D eigenvalue weighted by Crippen LogP contribution is -2.22. The summed E-state index contributed by atoms with van der Waals surface area (Å²) in [7, 11) is 0. The number of halogens is 2. The normalized spacial score (nSPS) is 25.6. The Labute approximate surface area is 101 Å². The van der Waals surface area contributed by atoms with Crippen LogP contribution >= 0.6 is 0 Å². The summed E-state index contributed by atoms with van der Waals surface area (Å²) in [6.45, 7) is 0. The first-order valence-electron chi connectivity index (χ1n) is 6.35. The zero-order valence-corrected chi connectivity index (χ0v) is 9.96. The summed E-state index contributed by atoms with van der Waals surface area (Å²) in [5.41, 5.74) is 6.20. The molecule has 1 aromatic rings. The standard InChI is InChI=1S/C14H19F2N/c15-13-6-3-7-14(16)12(13)9-10-4-1-2-5-11(17)8-10/h3,6-7,10-11H,1-2,4-5,8-9,17H2. The lowest BCUT2D eigenvalue weighted by molar-refractivity contribution is 0.414. The number of benzene rings is 1. The highest BCUT2D eigenvalue weighted by atomic mass is 19.1. The van der Waals surface area contributed by atoms with Crippen LogP contribution in [0.25, 0.3) is 0 Å². The summed E-state index contributed by atoms with van der Waals surface area (Å²) in [5, 5.41) is 0. The number of rotatable bonds is 2. The molecule has 0 radical (unpaired) electrons. The van der Waals surface area contributed by atoms with Crippen LogP contribution in [0.2, 0.25) is 0 Å². The van der Waals surface area contributed by atoms with Crippen molar-refractivity contribution in [1.82, 2.24) is 0 Å². The molecule has 2 rings (SSSR count). The quantitative estimate of drug-likeness (QED) is 0.786. The van der Waals surface area contributed by atoms with Gasteiger partial charge in [0, 0.05) is 11.6 Å². The third-order valence-electron chi connectivity index (χ3n) is 3.63. The van der Waals surface area contributed by atoms with Gasteiger partial charge >= 0.3 is 0 Å². The Morgan fingerprint density at radius 1 is 1.12 bits per heavy atom. The molecule has 1 nitrogen and oxygen atoms in total. The van der Waals surface area contributed by atoms with E-state index in [1.807, 2.05) is 0 Å². The SMILES string of the molecule is NC1CCCCC(Cc2c(F)cccc2F)C1. The van der Waals surface area contributed by atoms with Gasteiger partial charge in [-0.3, -0.25) is 0 Å². The zero-order chi connectivity index (χ0) is 12.3. The van der Waals surface area contributed by atoms with E-state index in [2.05, 4.69) is 0 Å². The third kappa shape index (κ3) is 3.25. The van der Waals surface area contributed by atoms with Gasteiger partial charge in [0.1, 0.15) is 11.6 Å². The van der Waals surface area contributed by atoms with E-state index in [9.17, 15) is 8.78 Å². The van der Waals surface area contributed by atoms with Gasteiger partial charge in [-0.1, -0.05) is 25.3 Å². The minimum atomic E-state index is -0.428. The molecule has 0 aromatic heterocycles. The Hall–Kier alpha value is -0.960. The monoisotopic (exact) mass is 239 g/mol. The van der Waals surface area contributed by atoms with Crippen molar-refractivity contribution in [2.45, 2.75) is 44.6 Å². The molecule has 2 N–H and O–H groups in total. The van der Waals surface area contributed by atoms with E-state index >= 15 is 0 Å². The van der Waals surface area contributed by atoms with Gasteiger partial charge in [-0.2, -0.15) is 0 Å². The minimum Gasteiger partial charge on any atom is -0.328 e. The fraction of sp³-hybridized carbons (Fsp3) is 0.571. The number of hydrogen-bond acceptors (Lipinski definition) is 1. The van der Waals surface area contributed by atoms with Crippen molar-refractivity contribution in [2.75, 3.05) is 0 Å². The minimum absolute atomic E-state index is 0.192. The second-order valence-electron chi connectivity index (χ2n) is 5.05. The Bertz CT molecular complexity index is 358. The molecule has 1 aromatic carbocycles. The summed E-state index contributed by atoms with van der Waals surface area (Å²) in [4.78, 5) is 0. The van der Waals surface area contributed by atoms with E-state index in [1.54, 1.807) is 0 Å². The van der Waals surface area contributed by atoms with Crippen LogP contribution in [0.1, 0.15) is 37.7 Å². The molecule has 0 aliphatic heterocycles. The van der Waals surface area contributed by atoms with E-state index < -0.39 is 11.6 Å². The predicted octanol–water partition coefficient (Wildman–Crippen LogP) is 3.41. The molecular weight excluding hydrogens is 220 g/mol. The molecule has 94 valence electrons. The van der Waals surface area contributed by atoms with Crippen molar-refractivity contribution in [1.29, 1.82) is 0 Å². The van der Waals surface area contributed by atoms with E-state index in [1.165, 1.54) is 18.2 Å². The maximum Gasteiger partial charge on any atom is 0.129 e. The molecule has 2 atom stereocenters. The lowest BCUT2D eigenvalue weighted by Gasteiger charge is -2.17. The smallest absolute Gasteiger partial charge is 0.129 e. The summed E-state index contributed by atoms with van der Waals surface area (Å²) in [6.07, 6.45) is 5.68. The van der Waals surface area contributed by atoms with E-state index in [0.29, 0.717) is 12.3 Å². The molecule has 0 amide bonds. The maximum atomic E-state index is 13.5. The van der Waals surface area contributed by atoms with Gasteiger partial charge in [-0.25, -0.2) is 8.78 Å². The molecule has 3 heteroatoms. The highest BCUT2D eigenvalue weighted by Gasteiger charge is 2.20. The van der Waals surface area contributed by atoms with Crippen LogP contribution in [0.5, 0.6) is 0 Å². The average Bonchev–Trinajstić information content (AvgIpc) is 2.48. The average molecular weight is 239 g/mol. The number of hydrogen-bond donors (Lipinski definition) is 1. The van der Waals surface area contributed by atoms with Gasteiger partial charge < -0.3 is 5.73 Å². The fourth-order valence-electron chi connectivity index (χ4n) is 2.70. The predicted molar refractivity (Wildman–Crippen MR) is 64.6 cm³/mol. The first-order chi connectivity index (χ1) is 8.16. The van der Waals surface area contributed by atoms with Crippen LogP contribution in [0, 0.1) is 17.6 Å². The summed E-state index contributed by atoms with van der Waals surface area (Å²) < 4.78 is 27.1. The van der Waals surface area contributed by atoms with Crippen molar-refractivity contribution in [2.24, 2.45) is 11.7 Å². The molecular formula is C14H19F2N. The van der Waals surface area contributed by atoms with E-state index in [4.69, 9.17) is 5.73 Å². The Morgan fingerprint density at radius 3 is 2.47 bits per heavy atom. The molecule has 0 spiro atoms. The summed E-state index contributed by atoms with van der Waals surface area (Å²) >= 11 is 0. The van der Waals surface area contributed by atoms with Crippen LogP contribution in [0.4, 0.5) is 8.78 Å². The molecule has 2 unspecified atom stereocenters. The summed E-state index contributed by atoms with van der Waals surface area (Å²) in [5.74, 6) is -0.537. The van der Waals surface area contributed by atoms with Gasteiger partial charge in [-0.05, 0) is 37.3 Å². The van der Waals surface area contributed by atoms with Crippen LogP contribution in [0.3, 0.4) is 0 Å². The Morgan fingerprint density at radius 2 is 1.76 bits per heavy atom. The van der Waals surface area contributed by atoms with E-state index in [0.717, 1.165) is 32.1 Å². The second-order valence-corrected chi connectivity index (χ2v) is 5.05. The highest BCUT2D eigenvalue weighted by molar-refractivity contribution is 5.20. The van der Waals surface area contributed by atoms with Gasteiger partial charge in [0.2, 0.25) is 0 Å². The molecule has 1 saturated carbocycles. The first-order valence-corrected chi connectivity index (χ1v) is 6.35. The molecule has 0 saturated heterocycles. The molecule has 0 heterocycles. The first kappa shape index (κ1) is 12.5. The molecule has 17 heavy (non-hydrogen) atoms. The summed E-state index contributed by atoms with van der Waals surface area (Å²) in [6, 6.07) is 4.26. The van der Waals surface area contributed by atoms with Crippen LogP contribution < -0.4 is 5.73 Å². The molecule has 1 aliphatic carbocycles. The van der Waals surface area contributed by atoms with Gasteiger partial charge in [0.05, 0.1) is 0 Å². The maximum absolute atomic E-state index is 13.5. The Balaban J connectivity index is 2.09. The van der Waals surface area contributed by atoms with Crippen molar-refractivity contribution >= 4 is 0 Å². The molecule has 1 aliphatic rings. The van der Waals surface area contributed by atoms with E-state index in [-0.39, 0.29) is 11.6 Å². The van der Waals surface area contributed by atoms with Crippen molar-refractivity contribution in [3.63, 3.8) is 0 Å². The topological polar surface area (TPSA) is 26.0 Å². The van der Waals surface area contributed by atoms with Crippen LogP contribution in [-0.4, -0.2) is 6.04 Å². The highest BCUT2D eigenvalue weighted by Crippen LogP contribution is 2.27. The van der Waals surface area contributed by atoms with Gasteiger partial charge in [0.25, 0.3) is 0 Å². The van der Waals surface area contributed by atoms with Crippen molar-refractivity contribution in [3.8, 4) is 0 Å². The van der Waals surface area contributed by atoms with Crippen LogP contribution in [-0.2, 0) is 6.42 Å². The third-order valence-corrected chi connectivity index (χ3v) is 3.63. The molecule has 0 bridgehead atoms. The largest absolute Gasteiger partial charge is 0.328 e. The molecule has 1 fully saturated rings. The zero-order valence-electron chi connectivity index (χ0n) is 9.96. The number of nitrogens with two attached hydrogens (primary N) is 1. The van der Waals surface area contributed by atoms with Gasteiger partial charge in [-0.15, -0.1) is 0 Å². The van der Waals surface area contributed by atoms with Gasteiger partial charge in [0.15, 0.2) is 0 Å². The van der Waals surface area contributed by atoms with Crippen molar-refractivity contribution in [3.05, 3.63) is 35.4 Å². The fourth-order valence-corrected chi connectivity index (χ4v) is 2.70. The second kappa shape index (κ2) is 5.58.